The van der Waals surface area contributed by atoms with Crippen molar-refractivity contribution in [2.45, 2.75) is 26.3 Å². The molecule has 0 heterocycles. The van der Waals surface area contributed by atoms with Gasteiger partial charge in [-0.1, -0.05) is 20.3 Å². The van der Waals surface area contributed by atoms with Gasteiger partial charge in [-0.25, -0.2) is 4.79 Å². The number of carbonyl (C=O) groups excluding carboxylic acids is 2. The summed E-state index contributed by atoms with van der Waals surface area (Å²) in [6.07, 6.45) is 0.612. The third-order valence-corrected chi connectivity index (χ3v) is 3.56. The Morgan fingerprint density at radius 3 is 2.46 bits per heavy atom. The molecule has 8 heteroatoms. The van der Waals surface area contributed by atoms with Gasteiger partial charge in [0.05, 0.1) is 7.11 Å². The van der Waals surface area contributed by atoms with E-state index in [1.807, 2.05) is 6.92 Å². The first kappa shape index (κ1) is 19.3. The molecule has 0 bridgehead atoms. The van der Waals surface area contributed by atoms with Gasteiger partial charge in [0.2, 0.25) is 0 Å². The molecular weight excluding hydrogens is 316 g/mol. The number of carbonyl (C=O) groups is 3. The molecule has 2 amide bonds. The van der Waals surface area contributed by atoms with Crippen LogP contribution in [0.15, 0.2) is 18.2 Å². The Hall–Kier alpha value is -2.77. The van der Waals surface area contributed by atoms with Gasteiger partial charge in [0.15, 0.2) is 18.1 Å². The monoisotopic (exact) mass is 338 g/mol. The third-order valence-electron chi connectivity index (χ3n) is 3.56. The lowest BCUT2D eigenvalue weighted by Gasteiger charge is -2.20. The number of amides is 2. The van der Waals surface area contributed by atoms with Gasteiger partial charge in [-0.15, -0.1) is 0 Å². The fraction of sp³-hybridized carbons (Fsp3) is 0.438. The molecule has 1 aromatic carbocycles. The van der Waals surface area contributed by atoms with Crippen molar-refractivity contribution in [1.29, 1.82) is 0 Å². The summed E-state index contributed by atoms with van der Waals surface area (Å²) >= 11 is 0. The summed E-state index contributed by atoms with van der Waals surface area (Å²) in [5.74, 6) is -2.00. The average Bonchev–Trinajstić information content (AvgIpc) is 2.56. The van der Waals surface area contributed by atoms with E-state index in [2.05, 4.69) is 5.32 Å². The number of aliphatic carboxylic acids is 1. The lowest BCUT2D eigenvalue weighted by molar-refractivity contribution is -0.140. The highest BCUT2D eigenvalue weighted by molar-refractivity contribution is 5.97. The van der Waals surface area contributed by atoms with Crippen molar-refractivity contribution in [1.82, 2.24) is 5.32 Å². The van der Waals surface area contributed by atoms with Gasteiger partial charge >= 0.3 is 5.97 Å². The molecule has 24 heavy (non-hydrogen) atoms. The summed E-state index contributed by atoms with van der Waals surface area (Å²) < 4.78 is 10.3. The lowest BCUT2D eigenvalue weighted by Crippen LogP contribution is -2.45. The van der Waals surface area contributed by atoms with Gasteiger partial charge < -0.3 is 25.6 Å². The minimum Gasteiger partial charge on any atom is -0.493 e. The smallest absolute Gasteiger partial charge is 0.326 e. The number of nitrogens with two attached hydrogens (primary N) is 1. The van der Waals surface area contributed by atoms with E-state index in [1.54, 1.807) is 6.92 Å². The van der Waals surface area contributed by atoms with E-state index < -0.39 is 23.8 Å². The number of hydrogen-bond acceptors (Lipinski definition) is 5. The van der Waals surface area contributed by atoms with Crippen LogP contribution in [0.4, 0.5) is 0 Å². The molecule has 2 atom stereocenters. The van der Waals surface area contributed by atoms with Gasteiger partial charge in [-0.05, 0) is 24.1 Å². The van der Waals surface area contributed by atoms with Gasteiger partial charge in [0.1, 0.15) is 6.04 Å². The number of ether oxygens (including phenoxy) is 2. The van der Waals surface area contributed by atoms with Gasteiger partial charge in [0.25, 0.3) is 11.8 Å². The first-order valence-electron chi connectivity index (χ1n) is 7.42. The second kappa shape index (κ2) is 8.76. The van der Waals surface area contributed by atoms with Crippen molar-refractivity contribution in [2.75, 3.05) is 13.7 Å². The van der Waals surface area contributed by atoms with Crippen LogP contribution in [0.1, 0.15) is 30.6 Å². The van der Waals surface area contributed by atoms with Crippen LogP contribution in [-0.4, -0.2) is 42.6 Å². The summed E-state index contributed by atoms with van der Waals surface area (Å²) in [5.41, 5.74) is 5.23. The van der Waals surface area contributed by atoms with E-state index >= 15 is 0 Å². The van der Waals surface area contributed by atoms with Gasteiger partial charge in [0, 0.05) is 5.56 Å². The van der Waals surface area contributed by atoms with Crippen molar-refractivity contribution in [2.24, 2.45) is 11.7 Å². The van der Waals surface area contributed by atoms with E-state index in [0.717, 1.165) is 0 Å². The molecule has 2 unspecified atom stereocenters. The number of hydrogen-bond donors (Lipinski definition) is 3. The molecule has 0 aliphatic heterocycles. The lowest BCUT2D eigenvalue weighted by atomic mass is 9.99. The Labute approximate surface area is 139 Å². The summed E-state index contributed by atoms with van der Waals surface area (Å²) in [7, 11) is 1.38. The Morgan fingerprint density at radius 2 is 1.96 bits per heavy atom. The zero-order chi connectivity index (χ0) is 18.3. The Kier molecular flexibility index (Phi) is 7.03. The highest BCUT2D eigenvalue weighted by Gasteiger charge is 2.26. The van der Waals surface area contributed by atoms with Crippen LogP contribution in [0.2, 0.25) is 0 Å². The third kappa shape index (κ3) is 5.15. The zero-order valence-corrected chi connectivity index (χ0v) is 13.9. The first-order chi connectivity index (χ1) is 11.3. The van der Waals surface area contributed by atoms with Gasteiger partial charge in [-0.3, -0.25) is 9.59 Å². The molecule has 1 aromatic rings. The fourth-order valence-corrected chi connectivity index (χ4v) is 1.98. The number of nitrogens with one attached hydrogen (secondary N) is 1. The number of primary amides is 1. The standard InChI is InChI=1S/C16H22N2O6/c1-4-9(2)14(16(21)22)18-15(20)10-5-6-11(12(7-10)23-3)24-8-13(17)19/h5-7,9,14H,4,8H2,1-3H3,(H2,17,19)(H,18,20)(H,21,22). The number of carboxylic acids is 1. The summed E-state index contributed by atoms with van der Waals surface area (Å²) in [4.78, 5) is 34.3. The average molecular weight is 338 g/mol. The molecule has 132 valence electrons. The zero-order valence-electron chi connectivity index (χ0n) is 13.9. The minimum absolute atomic E-state index is 0.216. The maximum Gasteiger partial charge on any atom is 0.326 e. The van der Waals surface area contributed by atoms with Crippen molar-refractivity contribution >= 4 is 17.8 Å². The van der Waals surface area contributed by atoms with E-state index in [-0.39, 0.29) is 29.6 Å². The molecule has 0 radical (unpaired) electrons. The summed E-state index contributed by atoms with van der Waals surface area (Å²) in [6.45, 7) is 3.28. The van der Waals surface area contributed by atoms with Crippen molar-refractivity contribution in [3.8, 4) is 11.5 Å². The molecule has 0 saturated carbocycles. The van der Waals surface area contributed by atoms with Crippen LogP contribution in [-0.2, 0) is 9.59 Å². The Bertz CT molecular complexity index is 617. The normalized spacial score (nSPS) is 12.8. The highest BCUT2D eigenvalue weighted by atomic mass is 16.5. The molecule has 0 fully saturated rings. The highest BCUT2D eigenvalue weighted by Crippen LogP contribution is 2.28. The fourth-order valence-electron chi connectivity index (χ4n) is 1.98. The second-order valence-electron chi connectivity index (χ2n) is 5.30. The molecule has 8 nitrogen and oxygen atoms in total. The second-order valence-corrected chi connectivity index (χ2v) is 5.30. The van der Waals surface area contributed by atoms with Gasteiger partial charge in [-0.2, -0.15) is 0 Å². The Morgan fingerprint density at radius 1 is 1.29 bits per heavy atom. The molecule has 0 spiro atoms. The van der Waals surface area contributed by atoms with Crippen LogP contribution < -0.4 is 20.5 Å². The van der Waals surface area contributed by atoms with Crippen LogP contribution in [0.25, 0.3) is 0 Å². The number of benzene rings is 1. The summed E-state index contributed by atoms with van der Waals surface area (Å²) in [5, 5.41) is 11.7. The largest absolute Gasteiger partial charge is 0.493 e. The first-order valence-corrected chi connectivity index (χ1v) is 7.42. The SMILES string of the molecule is CCC(C)C(NC(=O)c1ccc(OCC(N)=O)c(OC)c1)C(=O)O. The van der Waals surface area contributed by atoms with E-state index in [9.17, 15) is 19.5 Å². The summed E-state index contributed by atoms with van der Waals surface area (Å²) in [6, 6.07) is 3.32. The van der Waals surface area contributed by atoms with Crippen LogP contribution in [0.5, 0.6) is 11.5 Å². The number of rotatable bonds is 9. The molecule has 1 rings (SSSR count). The predicted molar refractivity (Wildman–Crippen MR) is 86.0 cm³/mol. The van der Waals surface area contributed by atoms with E-state index in [4.69, 9.17) is 15.2 Å². The van der Waals surface area contributed by atoms with Crippen LogP contribution >= 0.6 is 0 Å². The molecular formula is C16H22N2O6. The molecule has 4 N–H and O–H groups in total. The number of methoxy groups -OCH3 is 1. The van der Waals surface area contributed by atoms with Crippen molar-refractivity contribution in [3.05, 3.63) is 23.8 Å². The van der Waals surface area contributed by atoms with E-state index in [0.29, 0.717) is 6.42 Å². The van der Waals surface area contributed by atoms with Crippen molar-refractivity contribution in [3.63, 3.8) is 0 Å². The van der Waals surface area contributed by atoms with E-state index in [1.165, 1.54) is 25.3 Å². The maximum atomic E-state index is 12.3. The molecule has 0 aromatic heterocycles. The molecule has 0 aliphatic carbocycles. The topological polar surface area (TPSA) is 128 Å². The Balaban J connectivity index is 2.94. The molecule has 0 aliphatic rings. The molecule has 0 saturated heterocycles. The van der Waals surface area contributed by atoms with Crippen molar-refractivity contribution < 1.29 is 29.0 Å². The minimum atomic E-state index is -1.09. The number of carboxylic acid groups (broad SMARTS) is 1. The predicted octanol–water partition coefficient (Wildman–Crippen LogP) is 0.788. The quantitative estimate of drug-likeness (QED) is 0.610. The maximum absolute atomic E-state index is 12.3. The van der Waals surface area contributed by atoms with Crippen LogP contribution in [0.3, 0.4) is 0 Å². The van der Waals surface area contributed by atoms with Crippen LogP contribution in [0, 0.1) is 5.92 Å².